The van der Waals surface area contributed by atoms with Crippen molar-refractivity contribution in [2.24, 2.45) is 5.92 Å². The van der Waals surface area contributed by atoms with Crippen LogP contribution >= 0.6 is 0 Å². The fraction of sp³-hybridized carbons (Fsp3) is 0.304. The molecule has 32 heavy (non-hydrogen) atoms. The number of nitrogens with two attached hydrogens (primary N) is 1. The first-order valence-corrected chi connectivity index (χ1v) is 10.6. The number of piperidine rings is 1. The van der Waals surface area contributed by atoms with Gasteiger partial charge in [-0.3, -0.25) is 20.4 Å². The number of benzene rings is 2. The quantitative estimate of drug-likeness (QED) is 0.400. The van der Waals surface area contributed by atoms with Crippen LogP contribution in [0.4, 0.5) is 17.3 Å². The van der Waals surface area contributed by atoms with Gasteiger partial charge in [-0.25, -0.2) is 9.97 Å². The van der Waals surface area contributed by atoms with Crippen molar-refractivity contribution in [3.8, 4) is 0 Å². The summed E-state index contributed by atoms with van der Waals surface area (Å²) in [6.45, 7) is 3.46. The molecular weight excluding hydrogens is 408 g/mol. The molecule has 9 nitrogen and oxygen atoms in total. The average Bonchev–Trinajstić information content (AvgIpc) is 2.83. The molecule has 0 saturated carbocycles. The number of nitrogen functional groups attached to an aromatic ring is 1. The lowest BCUT2D eigenvalue weighted by molar-refractivity contribution is -0.148. The number of hydrogen-bond donors (Lipinski definition) is 3. The summed E-state index contributed by atoms with van der Waals surface area (Å²) in [5, 5.41) is 1.84. The molecule has 9 heteroatoms. The van der Waals surface area contributed by atoms with Gasteiger partial charge in [-0.1, -0.05) is 36.4 Å². The molecule has 0 aliphatic carbocycles. The van der Waals surface area contributed by atoms with Crippen LogP contribution in [0, 0.1) is 5.92 Å². The molecule has 0 spiro atoms. The van der Waals surface area contributed by atoms with E-state index in [-0.39, 0.29) is 17.8 Å². The zero-order valence-electron chi connectivity index (χ0n) is 17.9. The molecule has 2 heterocycles. The second-order valence-corrected chi connectivity index (χ2v) is 7.58. The normalized spacial score (nSPS) is 14.2. The number of nitrogens with zero attached hydrogens (tertiary/aromatic N) is 3. The standard InChI is InChI=1S/C23H26N6O3/c1-2-32-23(31)16-10-12-29(13-11-16)21-19(24)20(25-14-26-21)27-28-22(30)18-9-5-7-15-6-3-4-8-17(15)18/h3-9,14,16H,2,10-13,24H2,1H3,(H,28,30)(H,25,26,27). The molecule has 0 atom stereocenters. The number of amides is 1. The van der Waals surface area contributed by atoms with Gasteiger partial charge in [0.25, 0.3) is 5.91 Å². The lowest BCUT2D eigenvalue weighted by Gasteiger charge is -2.32. The topological polar surface area (TPSA) is 122 Å². The lowest BCUT2D eigenvalue weighted by Crippen LogP contribution is -2.38. The Morgan fingerprint density at radius 3 is 2.66 bits per heavy atom. The monoisotopic (exact) mass is 434 g/mol. The molecular formula is C23H26N6O3. The molecule has 0 unspecified atom stereocenters. The van der Waals surface area contributed by atoms with Gasteiger partial charge in [0.05, 0.1) is 12.5 Å². The SMILES string of the molecule is CCOC(=O)C1CCN(c2ncnc(NNC(=O)c3cccc4ccccc34)c2N)CC1. The third-order valence-electron chi connectivity index (χ3n) is 5.61. The van der Waals surface area contributed by atoms with Crippen molar-refractivity contribution in [3.05, 3.63) is 54.4 Å². The predicted octanol–water partition coefficient (Wildman–Crippen LogP) is 2.75. The van der Waals surface area contributed by atoms with Crippen molar-refractivity contribution < 1.29 is 14.3 Å². The second kappa shape index (κ2) is 9.51. The molecule has 3 aromatic rings. The Morgan fingerprint density at radius 2 is 1.88 bits per heavy atom. The summed E-state index contributed by atoms with van der Waals surface area (Å²) in [5.41, 5.74) is 12.7. The number of nitrogens with one attached hydrogen (secondary N) is 2. The number of anilines is 3. The number of ether oxygens (including phenoxy) is 1. The summed E-state index contributed by atoms with van der Waals surface area (Å²) in [7, 11) is 0. The van der Waals surface area contributed by atoms with E-state index in [0.29, 0.717) is 55.4 Å². The van der Waals surface area contributed by atoms with Crippen molar-refractivity contribution >= 4 is 40.0 Å². The molecule has 4 rings (SSSR count). The first kappa shape index (κ1) is 21.4. The molecule has 1 aromatic heterocycles. The molecule has 1 amide bonds. The molecule has 4 N–H and O–H groups in total. The van der Waals surface area contributed by atoms with Gasteiger partial charge in [0, 0.05) is 18.7 Å². The third-order valence-corrected chi connectivity index (χ3v) is 5.61. The van der Waals surface area contributed by atoms with Gasteiger partial charge in [0.15, 0.2) is 11.6 Å². The number of hydrogen-bond acceptors (Lipinski definition) is 8. The van der Waals surface area contributed by atoms with Gasteiger partial charge < -0.3 is 15.4 Å². The summed E-state index contributed by atoms with van der Waals surface area (Å²) in [4.78, 5) is 35.2. The Labute approximate surface area is 185 Å². The Bertz CT molecular complexity index is 1120. The van der Waals surface area contributed by atoms with Crippen LogP contribution in [0.1, 0.15) is 30.1 Å². The van der Waals surface area contributed by atoms with Crippen LogP contribution in [0.15, 0.2) is 48.8 Å². The summed E-state index contributed by atoms with van der Waals surface area (Å²) in [6.07, 6.45) is 2.74. The molecule has 1 aliphatic heterocycles. The van der Waals surface area contributed by atoms with Gasteiger partial charge in [0.1, 0.15) is 12.0 Å². The van der Waals surface area contributed by atoms with Crippen LogP contribution < -0.4 is 21.5 Å². The fourth-order valence-corrected chi connectivity index (χ4v) is 3.93. The van der Waals surface area contributed by atoms with E-state index in [0.717, 1.165) is 10.8 Å². The van der Waals surface area contributed by atoms with Crippen molar-refractivity contribution in [1.82, 2.24) is 15.4 Å². The Kier molecular flexibility index (Phi) is 6.34. The minimum Gasteiger partial charge on any atom is -0.466 e. The van der Waals surface area contributed by atoms with E-state index in [9.17, 15) is 9.59 Å². The van der Waals surface area contributed by atoms with Gasteiger partial charge in [0.2, 0.25) is 0 Å². The maximum absolute atomic E-state index is 12.8. The number of carbonyl (C=O) groups is 2. The number of fused-ring (bicyclic) bond motifs is 1. The highest BCUT2D eigenvalue weighted by Gasteiger charge is 2.28. The van der Waals surface area contributed by atoms with Crippen LogP contribution in [0.2, 0.25) is 0 Å². The maximum Gasteiger partial charge on any atom is 0.309 e. The first-order valence-electron chi connectivity index (χ1n) is 10.6. The van der Waals surface area contributed by atoms with E-state index >= 15 is 0 Å². The summed E-state index contributed by atoms with van der Waals surface area (Å²) >= 11 is 0. The third kappa shape index (κ3) is 4.41. The molecule has 0 bridgehead atoms. The molecule has 0 radical (unpaired) electrons. The van der Waals surface area contributed by atoms with Crippen molar-refractivity contribution in [2.75, 3.05) is 35.8 Å². The highest BCUT2D eigenvalue weighted by atomic mass is 16.5. The van der Waals surface area contributed by atoms with Gasteiger partial charge in [-0.05, 0) is 36.6 Å². The van der Waals surface area contributed by atoms with Crippen LogP contribution in [0.25, 0.3) is 10.8 Å². The second-order valence-electron chi connectivity index (χ2n) is 7.58. The van der Waals surface area contributed by atoms with Crippen LogP contribution in [0.3, 0.4) is 0 Å². The number of rotatable bonds is 6. The first-order chi connectivity index (χ1) is 15.6. The predicted molar refractivity (Wildman–Crippen MR) is 123 cm³/mol. The smallest absolute Gasteiger partial charge is 0.309 e. The van der Waals surface area contributed by atoms with Crippen LogP contribution in [0.5, 0.6) is 0 Å². The number of aromatic nitrogens is 2. The summed E-state index contributed by atoms with van der Waals surface area (Å²) < 4.78 is 5.12. The van der Waals surface area contributed by atoms with E-state index in [1.54, 1.807) is 6.07 Å². The molecule has 2 aromatic carbocycles. The van der Waals surface area contributed by atoms with Crippen molar-refractivity contribution in [3.63, 3.8) is 0 Å². The summed E-state index contributed by atoms with van der Waals surface area (Å²) in [6, 6.07) is 13.3. The number of carbonyl (C=O) groups excluding carboxylic acids is 2. The summed E-state index contributed by atoms with van der Waals surface area (Å²) in [5.74, 6) is 0.338. The minimum absolute atomic E-state index is 0.105. The molecule has 1 saturated heterocycles. The van der Waals surface area contributed by atoms with E-state index in [2.05, 4.69) is 20.8 Å². The Morgan fingerprint density at radius 1 is 1.12 bits per heavy atom. The lowest BCUT2D eigenvalue weighted by atomic mass is 9.97. The minimum atomic E-state index is -0.295. The van der Waals surface area contributed by atoms with Gasteiger partial charge >= 0.3 is 5.97 Å². The fourth-order valence-electron chi connectivity index (χ4n) is 3.93. The zero-order chi connectivity index (χ0) is 22.5. The van der Waals surface area contributed by atoms with Crippen molar-refractivity contribution in [2.45, 2.75) is 19.8 Å². The number of hydrazine groups is 1. The molecule has 1 fully saturated rings. The maximum atomic E-state index is 12.8. The zero-order valence-corrected chi connectivity index (χ0v) is 17.9. The largest absolute Gasteiger partial charge is 0.466 e. The van der Waals surface area contributed by atoms with E-state index in [4.69, 9.17) is 10.5 Å². The van der Waals surface area contributed by atoms with E-state index in [1.165, 1.54) is 6.33 Å². The highest BCUT2D eigenvalue weighted by Crippen LogP contribution is 2.30. The Hall–Kier alpha value is -3.88. The van der Waals surface area contributed by atoms with Crippen LogP contribution in [-0.2, 0) is 9.53 Å². The van der Waals surface area contributed by atoms with Gasteiger partial charge in [-0.15, -0.1) is 0 Å². The molecule has 1 aliphatic rings. The molecule has 166 valence electrons. The Balaban J connectivity index is 1.43. The van der Waals surface area contributed by atoms with E-state index < -0.39 is 0 Å². The van der Waals surface area contributed by atoms with E-state index in [1.807, 2.05) is 48.2 Å². The van der Waals surface area contributed by atoms with Crippen LogP contribution in [-0.4, -0.2) is 41.5 Å². The number of esters is 1. The van der Waals surface area contributed by atoms with Gasteiger partial charge in [-0.2, -0.15) is 0 Å². The average molecular weight is 435 g/mol. The van der Waals surface area contributed by atoms with Crippen molar-refractivity contribution in [1.29, 1.82) is 0 Å². The highest BCUT2D eigenvalue weighted by molar-refractivity contribution is 6.07.